The van der Waals surface area contributed by atoms with Crippen LogP contribution in [0, 0.1) is 0 Å². The van der Waals surface area contributed by atoms with Crippen LogP contribution in [0.3, 0.4) is 0 Å². The Hall–Kier alpha value is -1.97. The summed E-state index contributed by atoms with van der Waals surface area (Å²) in [6.07, 6.45) is -0.493. The number of ether oxygens (including phenoxy) is 3. The molecule has 5 rings (SSSR count). The van der Waals surface area contributed by atoms with Crippen molar-refractivity contribution in [2.45, 2.75) is 90.0 Å². The second kappa shape index (κ2) is 9.55. The zero-order chi connectivity index (χ0) is 28.5. The number of hydrogen-bond donors (Lipinski definition) is 1. The van der Waals surface area contributed by atoms with Gasteiger partial charge in [-0.25, -0.2) is 0 Å². The molecule has 2 aliphatic rings. The van der Waals surface area contributed by atoms with Gasteiger partial charge in [0.25, 0.3) is 0 Å². The average molecular weight is 615 g/mol. The number of aromatic amines is 1. The molecule has 210 valence electrons. The number of fused-ring (bicyclic) bond motifs is 4. The van der Waals surface area contributed by atoms with E-state index in [1.165, 1.54) is 0 Å². The number of carbonyl (C=O) groups excluding carboxylic acids is 1. The van der Waals surface area contributed by atoms with E-state index in [2.05, 4.69) is 68.6 Å². The number of H-pyrrole nitrogens is 1. The largest absolute Gasteiger partial charge is 0.491 e. The normalized spacial score (nSPS) is 22.2. The molecule has 39 heavy (non-hydrogen) atoms. The van der Waals surface area contributed by atoms with Gasteiger partial charge in [-0.3, -0.25) is 4.79 Å². The Morgan fingerprint density at radius 3 is 2.33 bits per heavy atom. The molecule has 1 N–H and O–H groups in total. The van der Waals surface area contributed by atoms with Gasteiger partial charge in [0, 0.05) is 32.0 Å². The molecule has 0 radical (unpaired) electrons. The Morgan fingerprint density at radius 1 is 1.00 bits per heavy atom. The highest BCUT2D eigenvalue weighted by molar-refractivity contribution is 9.10. The fourth-order valence-corrected chi connectivity index (χ4v) is 6.72. The standard InChI is InChI=1S/C31H40BrNO5Si/c1-29(2,3)39(8,9)36-17-25-24(37-31(6,7)38-25)16-35-19-11-13-20-22(15-19)30(4,5)28-26(27(20)34)21-12-10-18(32)14-23(21)33-28/h10-15,24-25,33H,16-17H2,1-9H3. The molecule has 1 fully saturated rings. The molecular weight excluding hydrogens is 574 g/mol. The first-order valence-electron chi connectivity index (χ1n) is 13.6. The van der Waals surface area contributed by atoms with Crippen LogP contribution in [-0.2, 0) is 19.3 Å². The van der Waals surface area contributed by atoms with Crippen molar-refractivity contribution in [1.29, 1.82) is 0 Å². The lowest BCUT2D eigenvalue weighted by molar-refractivity contribution is -0.150. The second-order valence-corrected chi connectivity index (χ2v) is 19.0. The van der Waals surface area contributed by atoms with Crippen LogP contribution < -0.4 is 4.74 Å². The van der Waals surface area contributed by atoms with Gasteiger partial charge in [0.1, 0.15) is 24.6 Å². The van der Waals surface area contributed by atoms with Crippen LogP contribution in [0.5, 0.6) is 5.75 Å². The second-order valence-electron chi connectivity index (χ2n) is 13.3. The van der Waals surface area contributed by atoms with Gasteiger partial charge in [0.15, 0.2) is 19.9 Å². The predicted molar refractivity (Wildman–Crippen MR) is 160 cm³/mol. The molecule has 3 aromatic rings. The maximum atomic E-state index is 13.7. The number of benzene rings is 2. The van der Waals surface area contributed by atoms with E-state index in [0.29, 0.717) is 24.5 Å². The Labute approximate surface area is 241 Å². The summed E-state index contributed by atoms with van der Waals surface area (Å²) in [6, 6.07) is 11.8. The average Bonchev–Trinajstić information content (AvgIpc) is 3.36. The molecule has 1 aromatic heterocycles. The van der Waals surface area contributed by atoms with E-state index in [9.17, 15) is 4.79 Å². The van der Waals surface area contributed by atoms with E-state index in [-0.39, 0.29) is 23.0 Å². The van der Waals surface area contributed by atoms with Gasteiger partial charge in [-0.2, -0.15) is 0 Å². The van der Waals surface area contributed by atoms with E-state index >= 15 is 0 Å². The summed E-state index contributed by atoms with van der Waals surface area (Å²) in [5.74, 6) is 0.0340. The van der Waals surface area contributed by atoms with Crippen molar-refractivity contribution in [3.8, 4) is 5.75 Å². The molecule has 2 unspecified atom stereocenters. The number of ketones is 1. The summed E-state index contributed by atoms with van der Waals surface area (Å²) in [5.41, 5.74) is 3.90. The van der Waals surface area contributed by atoms with Gasteiger partial charge < -0.3 is 23.6 Å². The van der Waals surface area contributed by atoms with Gasteiger partial charge in [-0.1, -0.05) is 56.6 Å². The minimum atomic E-state index is -1.93. The predicted octanol–water partition coefficient (Wildman–Crippen LogP) is 7.72. The fraction of sp³-hybridized carbons (Fsp3) is 0.516. The monoisotopic (exact) mass is 613 g/mol. The highest BCUT2D eigenvalue weighted by Crippen LogP contribution is 2.45. The van der Waals surface area contributed by atoms with Gasteiger partial charge in [-0.15, -0.1) is 0 Å². The molecule has 1 saturated heterocycles. The van der Waals surface area contributed by atoms with E-state index in [1.807, 2.05) is 50.2 Å². The van der Waals surface area contributed by atoms with Gasteiger partial charge in [-0.05, 0) is 67.9 Å². The highest BCUT2D eigenvalue weighted by Gasteiger charge is 2.45. The molecule has 2 aromatic carbocycles. The lowest BCUT2D eigenvalue weighted by Crippen LogP contribution is -2.44. The molecule has 0 amide bonds. The van der Waals surface area contributed by atoms with E-state index < -0.39 is 19.5 Å². The van der Waals surface area contributed by atoms with E-state index in [4.69, 9.17) is 18.6 Å². The van der Waals surface area contributed by atoms with E-state index in [1.54, 1.807) is 0 Å². The third-order valence-corrected chi connectivity index (χ3v) is 13.6. The number of halogens is 1. The molecule has 1 aliphatic heterocycles. The van der Waals surface area contributed by atoms with Crippen LogP contribution in [0.15, 0.2) is 40.9 Å². The number of nitrogens with one attached hydrogen (secondary N) is 1. The molecule has 0 spiro atoms. The summed E-state index contributed by atoms with van der Waals surface area (Å²) < 4.78 is 26.2. The van der Waals surface area contributed by atoms with Crippen LogP contribution in [0.4, 0.5) is 0 Å². The van der Waals surface area contributed by atoms with Crippen LogP contribution in [0.25, 0.3) is 10.9 Å². The number of hydrogen-bond acceptors (Lipinski definition) is 5. The summed E-state index contributed by atoms with van der Waals surface area (Å²) >= 11 is 3.54. The lowest BCUT2D eigenvalue weighted by Gasteiger charge is -2.37. The van der Waals surface area contributed by atoms with Crippen molar-refractivity contribution in [3.63, 3.8) is 0 Å². The number of rotatable bonds is 6. The fourth-order valence-electron chi connectivity index (χ4n) is 5.35. The third-order valence-electron chi connectivity index (χ3n) is 8.64. The topological polar surface area (TPSA) is 69.8 Å². The molecular formula is C31H40BrNO5Si. The van der Waals surface area contributed by atoms with Crippen LogP contribution in [-0.4, -0.2) is 50.3 Å². The molecule has 1 aliphatic carbocycles. The van der Waals surface area contributed by atoms with Crippen molar-refractivity contribution in [3.05, 3.63) is 63.3 Å². The maximum absolute atomic E-state index is 13.7. The maximum Gasteiger partial charge on any atom is 0.195 e. The molecule has 6 nitrogen and oxygen atoms in total. The molecule has 2 heterocycles. The minimum Gasteiger partial charge on any atom is -0.491 e. The van der Waals surface area contributed by atoms with Crippen LogP contribution in [0.2, 0.25) is 18.1 Å². The minimum absolute atomic E-state index is 0.0385. The zero-order valence-corrected chi connectivity index (χ0v) is 27.0. The Morgan fingerprint density at radius 2 is 1.67 bits per heavy atom. The van der Waals surface area contributed by atoms with Gasteiger partial charge in [0.05, 0.1) is 12.2 Å². The number of carbonyl (C=O) groups is 1. The Bertz CT molecular complexity index is 1430. The molecule has 8 heteroatoms. The molecule has 0 saturated carbocycles. The lowest BCUT2D eigenvalue weighted by atomic mass is 9.71. The van der Waals surface area contributed by atoms with Crippen LogP contribution >= 0.6 is 15.9 Å². The number of aromatic nitrogens is 1. The summed E-state index contributed by atoms with van der Waals surface area (Å²) in [6.45, 7) is 20.1. The SMILES string of the molecule is CC1(C)OC(COc2ccc3c(c2)C(C)(C)c2[nH]c4cc(Br)ccc4c2C3=O)C(CO[Si](C)(C)C(C)(C)C)O1. The van der Waals surface area contributed by atoms with E-state index in [0.717, 1.165) is 32.2 Å². The van der Waals surface area contributed by atoms with Crippen molar-refractivity contribution < 1.29 is 23.4 Å². The van der Waals surface area contributed by atoms with Crippen molar-refractivity contribution in [2.75, 3.05) is 13.2 Å². The first-order valence-corrected chi connectivity index (χ1v) is 17.3. The van der Waals surface area contributed by atoms with Crippen molar-refractivity contribution in [1.82, 2.24) is 4.98 Å². The first kappa shape index (κ1) is 28.6. The summed E-state index contributed by atoms with van der Waals surface area (Å²) in [5, 5.41) is 1.06. The smallest absolute Gasteiger partial charge is 0.195 e. The van der Waals surface area contributed by atoms with Crippen molar-refractivity contribution in [2.24, 2.45) is 0 Å². The zero-order valence-electron chi connectivity index (χ0n) is 24.5. The highest BCUT2D eigenvalue weighted by atomic mass is 79.9. The first-order chi connectivity index (χ1) is 18.0. The molecule has 0 bridgehead atoms. The summed E-state index contributed by atoms with van der Waals surface area (Å²) in [7, 11) is -1.93. The quantitative estimate of drug-likeness (QED) is 0.288. The summed E-state index contributed by atoms with van der Waals surface area (Å²) in [4.78, 5) is 17.2. The van der Waals surface area contributed by atoms with Crippen LogP contribution in [0.1, 0.15) is 75.6 Å². The third kappa shape index (κ3) is 5.15. The molecule has 2 atom stereocenters. The van der Waals surface area contributed by atoms with Gasteiger partial charge >= 0.3 is 0 Å². The van der Waals surface area contributed by atoms with Crippen molar-refractivity contribution >= 4 is 40.9 Å². The Balaban J connectivity index is 1.36. The Kier molecular flexibility index (Phi) is 6.99. The van der Waals surface area contributed by atoms with Gasteiger partial charge in [0.2, 0.25) is 0 Å².